The van der Waals surface area contributed by atoms with Crippen LogP contribution in [0.3, 0.4) is 0 Å². The van der Waals surface area contributed by atoms with Gasteiger partial charge in [-0.3, -0.25) is 4.90 Å². The Bertz CT molecular complexity index is 762. The highest BCUT2D eigenvalue weighted by Gasteiger charge is 2.29. The average molecular weight is 333 g/mol. The van der Waals surface area contributed by atoms with Crippen molar-refractivity contribution in [1.29, 1.82) is 0 Å². The zero-order valence-electron chi connectivity index (χ0n) is 14.6. The molecule has 4 rings (SSSR count). The van der Waals surface area contributed by atoms with Crippen LogP contribution in [0.5, 0.6) is 0 Å². The number of hydrogen-bond acceptors (Lipinski definition) is 4. The molecule has 2 aromatic rings. The summed E-state index contributed by atoms with van der Waals surface area (Å²) in [5.74, 6) is 7.44. The molecule has 3 heterocycles. The second kappa shape index (κ2) is 7.26. The Morgan fingerprint density at radius 1 is 0.920 bits per heavy atom. The molecule has 0 saturated carbocycles. The number of benzene rings is 1. The Labute approximate surface area is 149 Å². The van der Waals surface area contributed by atoms with Gasteiger partial charge in [-0.05, 0) is 31.2 Å². The normalized spacial score (nSPS) is 18.4. The van der Waals surface area contributed by atoms with E-state index in [1.807, 2.05) is 6.20 Å². The smallest absolute Gasteiger partial charge is 0.128 e. The lowest BCUT2D eigenvalue weighted by molar-refractivity contribution is -0.0661. The number of aryl methyl sites for hydroxylation is 1. The van der Waals surface area contributed by atoms with Crippen molar-refractivity contribution in [3.8, 4) is 11.8 Å². The van der Waals surface area contributed by atoms with Crippen LogP contribution in [-0.4, -0.2) is 55.3 Å². The van der Waals surface area contributed by atoms with Gasteiger partial charge in [-0.2, -0.15) is 0 Å². The van der Waals surface area contributed by atoms with Gasteiger partial charge >= 0.3 is 0 Å². The van der Waals surface area contributed by atoms with E-state index in [-0.39, 0.29) is 0 Å². The molecule has 1 aromatic heterocycles. The zero-order chi connectivity index (χ0) is 17.1. The van der Waals surface area contributed by atoms with Crippen LogP contribution < -0.4 is 4.90 Å². The largest absolute Gasteiger partial charge is 0.378 e. The lowest BCUT2D eigenvalue weighted by Gasteiger charge is -2.42. The number of rotatable bonds is 2. The van der Waals surface area contributed by atoms with E-state index in [1.165, 1.54) is 5.56 Å². The lowest BCUT2D eigenvalue weighted by Crippen LogP contribution is -2.56. The third kappa shape index (κ3) is 3.84. The van der Waals surface area contributed by atoms with Crippen LogP contribution in [0.25, 0.3) is 0 Å². The lowest BCUT2D eigenvalue weighted by atomic mass is 10.1. The quantitative estimate of drug-likeness (QED) is 0.789. The molecule has 4 nitrogen and oxygen atoms in total. The number of aromatic nitrogens is 1. The van der Waals surface area contributed by atoms with Crippen LogP contribution in [0, 0.1) is 18.8 Å². The molecule has 2 aliphatic rings. The molecule has 0 N–H and O–H groups in total. The monoisotopic (exact) mass is 333 g/mol. The summed E-state index contributed by atoms with van der Waals surface area (Å²) in [7, 11) is 0. The Balaban J connectivity index is 1.36. The first-order chi connectivity index (χ1) is 12.3. The summed E-state index contributed by atoms with van der Waals surface area (Å²) in [4.78, 5) is 9.50. The number of hydrogen-bond donors (Lipinski definition) is 0. The minimum Gasteiger partial charge on any atom is -0.378 e. The van der Waals surface area contributed by atoms with Gasteiger partial charge < -0.3 is 9.64 Å². The summed E-state index contributed by atoms with van der Waals surface area (Å²) in [6.07, 6.45) is 1.88. The first kappa shape index (κ1) is 16.1. The van der Waals surface area contributed by atoms with Crippen molar-refractivity contribution in [2.24, 2.45) is 0 Å². The summed E-state index contributed by atoms with van der Waals surface area (Å²) < 4.78 is 5.29. The molecule has 0 unspecified atom stereocenters. The maximum atomic E-state index is 5.29. The second-order valence-electron chi connectivity index (χ2n) is 6.74. The van der Waals surface area contributed by atoms with E-state index in [9.17, 15) is 0 Å². The van der Waals surface area contributed by atoms with Gasteiger partial charge in [0.1, 0.15) is 5.82 Å². The van der Waals surface area contributed by atoms with E-state index in [1.54, 1.807) is 0 Å². The van der Waals surface area contributed by atoms with Gasteiger partial charge in [0.15, 0.2) is 0 Å². The molecular weight excluding hydrogens is 310 g/mol. The number of anilines is 1. The average Bonchev–Trinajstić information content (AvgIpc) is 2.61. The second-order valence-corrected chi connectivity index (χ2v) is 6.74. The predicted molar refractivity (Wildman–Crippen MR) is 99.8 cm³/mol. The SMILES string of the molecule is Cc1ccc(C#Cc2ccc(N3CCN(C4COC4)CC3)nc2)cc1. The Kier molecular flexibility index (Phi) is 4.69. The third-order valence-corrected chi connectivity index (χ3v) is 4.93. The van der Waals surface area contributed by atoms with Crippen LogP contribution in [0.4, 0.5) is 5.82 Å². The molecule has 1 aromatic carbocycles. The van der Waals surface area contributed by atoms with Crippen LogP contribution in [-0.2, 0) is 4.74 Å². The van der Waals surface area contributed by atoms with Gasteiger partial charge in [-0.25, -0.2) is 4.98 Å². The van der Waals surface area contributed by atoms with Crippen molar-refractivity contribution in [3.05, 3.63) is 59.3 Å². The van der Waals surface area contributed by atoms with Crippen molar-refractivity contribution >= 4 is 5.82 Å². The maximum absolute atomic E-state index is 5.29. The summed E-state index contributed by atoms with van der Waals surface area (Å²) in [5, 5.41) is 0. The highest BCUT2D eigenvalue weighted by molar-refractivity contribution is 5.46. The van der Waals surface area contributed by atoms with Gasteiger partial charge in [0.2, 0.25) is 0 Å². The van der Waals surface area contributed by atoms with Gasteiger partial charge in [-0.1, -0.05) is 29.5 Å². The van der Waals surface area contributed by atoms with Gasteiger partial charge in [0, 0.05) is 43.5 Å². The minimum atomic E-state index is 0.634. The van der Waals surface area contributed by atoms with Crippen molar-refractivity contribution < 1.29 is 4.74 Å². The zero-order valence-corrected chi connectivity index (χ0v) is 14.6. The molecule has 0 aliphatic carbocycles. The molecule has 0 atom stereocenters. The fourth-order valence-corrected chi connectivity index (χ4v) is 3.18. The van der Waals surface area contributed by atoms with Gasteiger partial charge in [-0.15, -0.1) is 0 Å². The topological polar surface area (TPSA) is 28.6 Å². The van der Waals surface area contributed by atoms with E-state index >= 15 is 0 Å². The highest BCUT2D eigenvalue weighted by atomic mass is 16.5. The molecule has 2 saturated heterocycles. The minimum absolute atomic E-state index is 0.634. The summed E-state index contributed by atoms with van der Waals surface area (Å²) in [6.45, 7) is 8.10. The Morgan fingerprint density at radius 3 is 2.20 bits per heavy atom. The predicted octanol–water partition coefficient (Wildman–Crippen LogP) is 2.31. The number of piperazine rings is 1. The highest BCUT2D eigenvalue weighted by Crippen LogP contribution is 2.17. The molecule has 0 spiro atoms. The van der Waals surface area contributed by atoms with E-state index < -0.39 is 0 Å². The van der Waals surface area contributed by atoms with Crippen LogP contribution >= 0.6 is 0 Å². The van der Waals surface area contributed by atoms with Crippen molar-refractivity contribution in [3.63, 3.8) is 0 Å². The summed E-state index contributed by atoms with van der Waals surface area (Å²) in [5.41, 5.74) is 3.24. The van der Waals surface area contributed by atoms with E-state index in [0.29, 0.717) is 6.04 Å². The molecule has 2 aliphatic heterocycles. The van der Waals surface area contributed by atoms with Gasteiger partial charge in [0.25, 0.3) is 0 Å². The molecule has 0 amide bonds. The van der Waals surface area contributed by atoms with Crippen molar-refractivity contribution in [1.82, 2.24) is 9.88 Å². The van der Waals surface area contributed by atoms with Gasteiger partial charge in [0.05, 0.1) is 19.3 Å². The van der Waals surface area contributed by atoms with Crippen molar-refractivity contribution in [2.45, 2.75) is 13.0 Å². The molecule has 4 heteroatoms. The molecule has 25 heavy (non-hydrogen) atoms. The van der Waals surface area contributed by atoms with E-state index in [4.69, 9.17) is 4.74 Å². The third-order valence-electron chi connectivity index (χ3n) is 4.93. The Hall–Kier alpha value is -2.35. The number of nitrogens with zero attached hydrogens (tertiary/aromatic N) is 3. The van der Waals surface area contributed by atoms with Crippen LogP contribution in [0.1, 0.15) is 16.7 Å². The van der Waals surface area contributed by atoms with E-state index in [2.05, 4.69) is 69.9 Å². The standard InChI is InChI=1S/C21H23N3O/c1-17-2-4-18(5-3-17)6-7-19-8-9-21(22-14-19)24-12-10-23(11-13-24)20-15-25-16-20/h2-5,8-9,14,20H,10-13,15-16H2,1H3. The summed E-state index contributed by atoms with van der Waals surface area (Å²) in [6, 6.07) is 13.1. The Morgan fingerprint density at radius 2 is 1.60 bits per heavy atom. The molecule has 0 bridgehead atoms. The van der Waals surface area contributed by atoms with Crippen molar-refractivity contribution in [2.75, 3.05) is 44.3 Å². The maximum Gasteiger partial charge on any atom is 0.128 e. The molecule has 128 valence electrons. The summed E-state index contributed by atoms with van der Waals surface area (Å²) >= 11 is 0. The first-order valence-corrected chi connectivity index (χ1v) is 8.89. The molecule has 2 fully saturated rings. The van der Waals surface area contributed by atoms with E-state index in [0.717, 1.165) is 56.3 Å². The fourth-order valence-electron chi connectivity index (χ4n) is 3.18. The molecular formula is C21H23N3O. The first-order valence-electron chi connectivity index (χ1n) is 8.89. The molecule has 0 radical (unpaired) electrons. The van der Waals surface area contributed by atoms with Crippen LogP contribution in [0.2, 0.25) is 0 Å². The number of ether oxygens (including phenoxy) is 1. The fraction of sp³-hybridized carbons (Fsp3) is 0.381. The van der Waals surface area contributed by atoms with Crippen LogP contribution in [0.15, 0.2) is 42.6 Å². The number of pyridine rings is 1.